The van der Waals surface area contributed by atoms with Crippen molar-refractivity contribution in [2.24, 2.45) is 0 Å². The van der Waals surface area contributed by atoms with Gasteiger partial charge in [0.2, 0.25) is 0 Å². The van der Waals surface area contributed by atoms with E-state index in [1.807, 2.05) is 25.1 Å². The molecule has 0 aliphatic carbocycles. The number of rotatable bonds is 7. The summed E-state index contributed by atoms with van der Waals surface area (Å²) in [6, 6.07) is 5.52. The summed E-state index contributed by atoms with van der Waals surface area (Å²) in [6.45, 7) is 2.88. The zero-order chi connectivity index (χ0) is 12.7. The second-order valence-electron chi connectivity index (χ2n) is 3.42. The van der Waals surface area contributed by atoms with Crippen LogP contribution >= 0.6 is 12.4 Å². The number of methoxy groups -OCH3 is 1. The number of halogens is 1. The maximum Gasteiger partial charge on any atom is 0.317 e. The van der Waals surface area contributed by atoms with E-state index in [1.165, 1.54) is 0 Å². The summed E-state index contributed by atoms with van der Waals surface area (Å²) in [4.78, 5) is 10.4. The molecule has 1 aromatic rings. The van der Waals surface area contributed by atoms with Gasteiger partial charge in [-0.05, 0) is 24.6 Å². The molecule has 5 nitrogen and oxygen atoms in total. The number of hydrogen-bond acceptors (Lipinski definition) is 4. The van der Waals surface area contributed by atoms with Gasteiger partial charge in [0.25, 0.3) is 0 Å². The molecular formula is C12H18ClNO4. The van der Waals surface area contributed by atoms with Crippen LogP contribution in [0.5, 0.6) is 11.5 Å². The third-order valence-electron chi connectivity index (χ3n) is 2.13. The van der Waals surface area contributed by atoms with E-state index in [0.29, 0.717) is 24.7 Å². The van der Waals surface area contributed by atoms with E-state index < -0.39 is 5.97 Å². The van der Waals surface area contributed by atoms with Crippen molar-refractivity contribution < 1.29 is 19.4 Å². The first kappa shape index (κ1) is 16.5. The normalized spacial score (nSPS) is 9.44. The maximum absolute atomic E-state index is 10.4. The molecule has 0 radical (unpaired) electrons. The molecule has 1 rings (SSSR count). The summed E-state index contributed by atoms with van der Waals surface area (Å²) in [5.41, 5.74) is 0.954. The summed E-state index contributed by atoms with van der Waals surface area (Å²) in [7, 11) is 1.58. The molecule has 0 aliphatic heterocycles. The molecule has 0 aliphatic rings. The lowest BCUT2D eigenvalue weighted by Crippen LogP contribution is -2.21. The lowest BCUT2D eigenvalue weighted by Gasteiger charge is -2.11. The fraction of sp³-hybridized carbons (Fsp3) is 0.417. The molecule has 0 atom stereocenters. The van der Waals surface area contributed by atoms with Crippen LogP contribution in [-0.4, -0.2) is 31.3 Å². The largest absolute Gasteiger partial charge is 0.493 e. The summed E-state index contributed by atoms with van der Waals surface area (Å²) >= 11 is 0. The van der Waals surface area contributed by atoms with Gasteiger partial charge in [-0.25, -0.2) is 0 Å². The molecule has 0 fully saturated rings. The van der Waals surface area contributed by atoms with E-state index in [1.54, 1.807) is 7.11 Å². The number of benzene rings is 1. The van der Waals surface area contributed by atoms with Gasteiger partial charge < -0.3 is 19.9 Å². The third-order valence-corrected chi connectivity index (χ3v) is 2.13. The molecule has 0 aromatic heterocycles. The van der Waals surface area contributed by atoms with Crippen molar-refractivity contribution >= 4 is 18.4 Å². The van der Waals surface area contributed by atoms with Crippen molar-refractivity contribution in [2.75, 3.05) is 20.3 Å². The van der Waals surface area contributed by atoms with Gasteiger partial charge in [0, 0.05) is 6.54 Å². The van der Waals surface area contributed by atoms with Crippen LogP contribution in [0.2, 0.25) is 0 Å². The van der Waals surface area contributed by atoms with Crippen LogP contribution in [0, 0.1) is 0 Å². The number of carbonyl (C=O) groups is 1. The Labute approximate surface area is 113 Å². The van der Waals surface area contributed by atoms with Crippen LogP contribution in [-0.2, 0) is 11.3 Å². The molecule has 0 unspecified atom stereocenters. The van der Waals surface area contributed by atoms with Crippen molar-refractivity contribution in [3.63, 3.8) is 0 Å². The molecule has 0 saturated heterocycles. The lowest BCUT2D eigenvalue weighted by molar-refractivity contribution is -0.135. The smallest absolute Gasteiger partial charge is 0.317 e. The maximum atomic E-state index is 10.4. The highest BCUT2D eigenvalue weighted by Gasteiger charge is 2.05. The van der Waals surface area contributed by atoms with Crippen LogP contribution in [0.4, 0.5) is 0 Å². The van der Waals surface area contributed by atoms with Gasteiger partial charge in [0.15, 0.2) is 11.5 Å². The Balaban J connectivity index is 0.00000289. The van der Waals surface area contributed by atoms with Crippen molar-refractivity contribution in [1.29, 1.82) is 0 Å². The molecule has 1 aromatic carbocycles. The monoisotopic (exact) mass is 275 g/mol. The molecule has 6 heteroatoms. The van der Waals surface area contributed by atoms with E-state index in [0.717, 1.165) is 5.56 Å². The number of aliphatic carboxylic acids is 1. The molecular weight excluding hydrogens is 258 g/mol. The predicted molar refractivity (Wildman–Crippen MR) is 70.8 cm³/mol. The van der Waals surface area contributed by atoms with Gasteiger partial charge in [0.1, 0.15) is 0 Å². The average molecular weight is 276 g/mol. The van der Waals surface area contributed by atoms with Gasteiger partial charge in [-0.15, -0.1) is 12.4 Å². The fourth-order valence-corrected chi connectivity index (χ4v) is 1.41. The predicted octanol–water partition coefficient (Wildman–Crippen LogP) is 1.69. The molecule has 0 heterocycles. The van der Waals surface area contributed by atoms with Gasteiger partial charge >= 0.3 is 5.97 Å². The number of hydrogen-bond donors (Lipinski definition) is 2. The molecule has 0 spiro atoms. The Kier molecular flexibility index (Phi) is 7.91. The Morgan fingerprint density at radius 2 is 2.11 bits per heavy atom. The fourth-order valence-electron chi connectivity index (χ4n) is 1.41. The van der Waals surface area contributed by atoms with E-state index in [9.17, 15) is 4.79 Å². The average Bonchev–Trinajstić information content (AvgIpc) is 2.29. The van der Waals surface area contributed by atoms with Crippen molar-refractivity contribution in [3.05, 3.63) is 23.8 Å². The van der Waals surface area contributed by atoms with Gasteiger partial charge in [-0.2, -0.15) is 0 Å². The third kappa shape index (κ3) is 5.25. The zero-order valence-corrected chi connectivity index (χ0v) is 11.3. The molecule has 2 N–H and O–H groups in total. The number of carboxylic acids is 1. The summed E-state index contributed by atoms with van der Waals surface area (Å²) in [6.07, 6.45) is 0. The second kappa shape index (κ2) is 8.60. The Hall–Kier alpha value is -1.46. The molecule has 18 heavy (non-hydrogen) atoms. The highest BCUT2D eigenvalue weighted by molar-refractivity contribution is 5.85. The highest BCUT2D eigenvalue weighted by atomic mass is 35.5. The minimum Gasteiger partial charge on any atom is -0.493 e. The van der Waals surface area contributed by atoms with Crippen LogP contribution in [0.15, 0.2) is 18.2 Å². The van der Waals surface area contributed by atoms with Gasteiger partial charge in [-0.1, -0.05) is 6.07 Å². The van der Waals surface area contributed by atoms with E-state index in [-0.39, 0.29) is 19.0 Å². The Morgan fingerprint density at radius 1 is 1.39 bits per heavy atom. The van der Waals surface area contributed by atoms with E-state index in [2.05, 4.69) is 5.32 Å². The standard InChI is InChI=1S/C12H17NO4.ClH/c1-3-17-11-6-9(4-5-10(11)16-2)7-13-8-12(14)15;/h4-6,13H,3,7-8H2,1-2H3,(H,14,15);1H. The zero-order valence-electron chi connectivity index (χ0n) is 10.4. The Bertz CT molecular complexity index is 384. The first-order valence-electron chi connectivity index (χ1n) is 5.39. The molecule has 0 saturated carbocycles. The Morgan fingerprint density at radius 3 is 2.67 bits per heavy atom. The lowest BCUT2D eigenvalue weighted by atomic mass is 10.2. The van der Waals surface area contributed by atoms with Crippen LogP contribution in [0.1, 0.15) is 12.5 Å². The minimum absolute atomic E-state index is 0. The van der Waals surface area contributed by atoms with Crippen molar-refractivity contribution in [1.82, 2.24) is 5.32 Å². The van der Waals surface area contributed by atoms with E-state index >= 15 is 0 Å². The minimum atomic E-state index is -0.872. The number of nitrogens with one attached hydrogen (secondary N) is 1. The first-order chi connectivity index (χ1) is 8.17. The van der Waals surface area contributed by atoms with Crippen LogP contribution in [0.3, 0.4) is 0 Å². The SMILES string of the molecule is CCOc1cc(CNCC(=O)O)ccc1OC.Cl. The first-order valence-corrected chi connectivity index (χ1v) is 5.39. The van der Waals surface area contributed by atoms with Crippen LogP contribution in [0.25, 0.3) is 0 Å². The van der Waals surface area contributed by atoms with Gasteiger partial charge in [0.05, 0.1) is 20.3 Å². The van der Waals surface area contributed by atoms with Crippen molar-refractivity contribution in [2.45, 2.75) is 13.5 Å². The topological polar surface area (TPSA) is 67.8 Å². The van der Waals surface area contributed by atoms with E-state index in [4.69, 9.17) is 14.6 Å². The molecule has 0 bridgehead atoms. The summed E-state index contributed by atoms with van der Waals surface area (Å²) < 4.78 is 10.6. The van der Waals surface area contributed by atoms with Crippen molar-refractivity contribution in [3.8, 4) is 11.5 Å². The summed E-state index contributed by atoms with van der Waals surface area (Å²) in [5, 5.41) is 11.3. The second-order valence-corrected chi connectivity index (χ2v) is 3.42. The van der Waals surface area contributed by atoms with Gasteiger partial charge in [-0.3, -0.25) is 4.79 Å². The molecule has 0 amide bonds. The molecule has 102 valence electrons. The summed E-state index contributed by atoms with van der Waals surface area (Å²) in [5.74, 6) is 0.474. The highest BCUT2D eigenvalue weighted by Crippen LogP contribution is 2.27. The number of ether oxygens (including phenoxy) is 2. The number of carboxylic acid groups (broad SMARTS) is 1. The quantitative estimate of drug-likeness (QED) is 0.793. The van der Waals surface area contributed by atoms with Crippen LogP contribution < -0.4 is 14.8 Å².